The number of hydrogen-bond donors (Lipinski definition) is 0. The maximum atomic E-state index is 8.80. The van der Waals surface area contributed by atoms with E-state index >= 15 is 0 Å². The zero-order chi connectivity index (χ0) is 22.4. The van der Waals surface area contributed by atoms with E-state index in [0.717, 1.165) is 22.3 Å². The van der Waals surface area contributed by atoms with Crippen molar-refractivity contribution in [1.29, 1.82) is 10.5 Å². The van der Waals surface area contributed by atoms with Crippen LogP contribution in [-0.2, 0) is 17.1 Å². The van der Waals surface area contributed by atoms with Crippen LogP contribution in [0.5, 0.6) is 0 Å². The molecule has 2 saturated carbocycles. The van der Waals surface area contributed by atoms with Gasteiger partial charge in [-0.2, -0.15) is 10.5 Å². The molecule has 0 amide bonds. The van der Waals surface area contributed by atoms with Gasteiger partial charge in [-0.25, -0.2) is 0 Å². The summed E-state index contributed by atoms with van der Waals surface area (Å²) in [6.45, 7) is 0. The molecule has 10 radical (unpaired) electrons. The monoisotopic (exact) mass is 466 g/mol. The number of nitrogens with zero attached hydrogens (tertiary/aromatic N) is 2. The summed E-state index contributed by atoms with van der Waals surface area (Å²) in [5.41, 5.74) is 4.29. The molecule has 2 aliphatic rings. The van der Waals surface area contributed by atoms with Gasteiger partial charge in [-0.15, -0.1) is 0 Å². The Morgan fingerprint density at radius 3 is 1.27 bits per heavy atom. The number of nitriles is 2. The first kappa shape index (κ1) is 26.4. The molecule has 2 aromatic rings. The van der Waals surface area contributed by atoms with Gasteiger partial charge < -0.3 is 0 Å². The maximum absolute atomic E-state index is 8.80. The Hall–Kier alpha value is -2.84. The number of hydrogen-bond acceptors (Lipinski definition) is 2. The summed E-state index contributed by atoms with van der Waals surface area (Å²) in [5, 5.41) is 17.6. The molecule has 4 rings (SSSR count). The van der Waals surface area contributed by atoms with Gasteiger partial charge in [0.15, 0.2) is 0 Å². The van der Waals surface area contributed by atoms with Crippen LogP contribution in [0.3, 0.4) is 0 Å². The third kappa shape index (κ3) is 9.67. The summed E-state index contributed by atoms with van der Waals surface area (Å²) in [4.78, 5) is 0. The standard InChI is InChI=1S/C25H17N2.C5H5.Fe/c26-18-25(19-27)17-24-15-13-23(14-16-24)12-11-22-9-7-21(8-10-22)6-5-20-3-1-2-4-20;1-2-4-5-3-1;/h1-17H;1-5H;/q;;+2/b6-5+,12-11+;;. The summed E-state index contributed by atoms with van der Waals surface area (Å²) in [6.07, 6.45) is 28.1. The smallest absolute Gasteiger partial charge is 0.192 e. The minimum atomic E-state index is 0. The molecule has 0 N–H and O–H groups in total. The molecule has 2 aromatic carbocycles. The summed E-state index contributed by atoms with van der Waals surface area (Å²) < 4.78 is 0. The van der Waals surface area contributed by atoms with E-state index in [0.29, 0.717) is 0 Å². The molecule has 2 nitrogen and oxygen atoms in total. The van der Waals surface area contributed by atoms with Crippen LogP contribution in [0.1, 0.15) is 22.3 Å². The zero-order valence-electron chi connectivity index (χ0n) is 17.9. The molecule has 0 heterocycles. The van der Waals surface area contributed by atoms with Crippen LogP contribution in [0, 0.1) is 86.4 Å². The van der Waals surface area contributed by atoms with Crippen molar-refractivity contribution in [3.63, 3.8) is 0 Å². The van der Waals surface area contributed by atoms with Crippen LogP contribution in [0.4, 0.5) is 0 Å². The largest absolute Gasteiger partial charge is 2.00 e. The van der Waals surface area contributed by atoms with E-state index in [1.165, 1.54) is 5.92 Å². The molecule has 3 heteroatoms. The summed E-state index contributed by atoms with van der Waals surface area (Å²) in [7, 11) is 0. The van der Waals surface area contributed by atoms with Crippen LogP contribution >= 0.6 is 0 Å². The molecule has 158 valence electrons. The van der Waals surface area contributed by atoms with E-state index in [1.807, 2.05) is 87.4 Å². The van der Waals surface area contributed by atoms with Gasteiger partial charge in [0.2, 0.25) is 0 Å². The summed E-state index contributed by atoms with van der Waals surface area (Å²) in [6, 6.07) is 19.8. The molecular weight excluding hydrogens is 444 g/mol. The molecule has 0 bridgehead atoms. The van der Waals surface area contributed by atoms with Gasteiger partial charge in [-0.05, 0) is 86.1 Å². The Kier molecular flexibility index (Phi) is 12.1. The fourth-order valence-corrected chi connectivity index (χ4v) is 2.88. The van der Waals surface area contributed by atoms with Crippen LogP contribution < -0.4 is 0 Å². The number of rotatable bonds is 5. The molecule has 0 unspecified atom stereocenters. The second kappa shape index (κ2) is 15.1. The van der Waals surface area contributed by atoms with Crippen molar-refractivity contribution < 1.29 is 17.1 Å². The van der Waals surface area contributed by atoms with Crippen LogP contribution in [0.15, 0.2) is 60.2 Å². The molecule has 33 heavy (non-hydrogen) atoms. The molecule has 0 spiro atoms. The van der Waals surface area contributed by atoms with E-state index in [9.17, 15) is 0 Å². The van der Waals surface area contributed by atoms with Crippen molar-refractivity contribution in [3.05, 3.63) is 146 Å². The van der Waals surface area contributed by atoms with Crippen molar-refractivity contribution in [3.8, 4) is 12.1 Å². The molecule has 2 fully saturated rings. The predicted octanol–water partition coefficient (Wildman–Crippen LogP) is 6.72. The maximum Gasteiger partial charge on any atom is 2.00 e. The average Bonchev–Trinajstić information content (AvgIpc) is 3.58. The van der Waals surface area contributed by atoms with Crippen molar-refractivity contribution in [2.75, 3.05) is 0 Å². The quantitative estimate of drug-likeness (QED) is 0.279. The normalized spacial score (nSPS) is 15.3. The first-order valence-electron chi connectivity index (χ1n) is 10.2. The van der Waals surface area contributed by atoms with Gasteiger partial charge >= 0.3 is 17.1 Å². The van der Waals surface area contributed by atoms with Gasteiger partial charge in [0.1, 0.15) is 17.7 Å². The third-order valence-corrected chi connectivity index (χ3v) is 4.61. The van der Waals surface area contributed by atoms with Gasteiger partial charge in [0.25, 0.3) is 0 Å². The Morgan fingerprint density at radius 1 is 0.515 bits per heavy atom. The molecular formula is C30H22FeN2+2. The van der Waals surface area contributed by atoms with E-state index in [4.69, 9.17) is 10.5 Å². The Morgan fingerprint density at radius 2 is 0.879 bits per heavy atom. The SMILES string of the molecule is N#CC(C#N)=Cc1ccc(/C=C/c2ccc(/C=C/[C]3[CH][CH][CH][CH]3)cc2)cc1.[CH]1[CH][CH][CH][CH]1.[Fe+2]. The van der Waals surface area contributed by atoms with Crippen molar-refractivity contribution >= 4 is 24.3 Å². The number of benzene rings is 2. The van der Waals surface area contributed by atoms with Crippen LogP contribution in [-0.4, -0.2) is 0 Å². The first-order valence-corrected chi connectivity index (χ1v) is 10.2. The predicted molar refractivity (Wildman–Crippen MR) is 132 cm³/mol. The number of allylic oxidation sites excluding steroid dienone is 2. The zero-order valence-corrected chi connectivity index (χ0v) is 19.1. The molecule has 2 aliphatic carbocycles. The molecule has 0 aromatic heterocycles. The van der Waals surface area contributed by atoms with Crippen LogP contribution in [0.25, 0.3) is 24.3 Å². The van der Waals surface area contributed by atoms with Gasteiger partial charge in [0, 0.05) is 5.92 Å². The minimum Gasteiger partial charge on any atom is -0.192 e. The topological polar surface area (TPSA) is 47.6 Å². The third-order valence-electron chi connectivity index (χ3n) is 4.61. The van der Waals surface area contributed by atoms with E-state index in [-0.39, 0.29) is 22.6 Å². The second-order valence-corrected chi connectivity index (χ2v) is 6.96. The van der Waals surface area contributed by atoms with Crippen molar-refractivity contribution in [2.45, 2.75) is 0 Å². The van der Waals surface area contributed by atoms with E-state index in [2.05, 4.69) is 55.3 Å². The summed E-state index contributed by atoms with van der Waals surface area (Å²) >= 11 is 0. The minimum absolute atomic E-state index is 0. The Bertz CT molecular complexity index is 981. The second-order valence-electron chi connectivity index (χ2n) is 6.96. The van der Waals surface area contributed by atoms with Gasteiger partial charge in [-0.3, -0.25) is 0 Å². The molecule has 0 atom stereocenters. The Labute approximate surface area is 209 Å². The fourth-order valence-electron chi connectivity index (χ4n) is 2.88. The average molecular weight is 466 g/mol. The first-order chi connectivity index (χ1) is 15.8. The molecule has 0 aliphatic heterocycles. The van der Waals surface area contributed by atoms with Gasteiger partial charge in [-0.1, -0.05) is 72.8 Å². The Balaban J connectivity index is 0.000000568. The molecule has 0 saturated heterocycles. The van der Waals surface area contributed by atoms with E-state index < -0.39 is 0 Å². The van der Waals surface area contributed by atoms with Crippen molar-refractivity contribution in [1.82, 2.24) is 0 Å². The van der Waals surface area contributed by atoms with Gasteiger partial charge in [0.05, 0.1) is 0 Å². The fraction of sp³-hybridized carbons (Fsp3) is 0. The summed E-state index contributed by atoms with van der Waals surface area (Å²) in [5.74, 6) is 1.20. The van der Waals surface area contributed by atoms with Crippen molar-refractivity contribution in [2.24, 2.45) is 0 Å². The van der Waals surface area contributed by atoms with E-state index in [1.54, 1.807) is 6.08 Å². The van der Waals surface area contributed by atoms with Crippen LogP contribution in [0.2, 0.25) is 0 Å².